The zero-order valence-electron chi connectivity index (χ0n) is 10.7. The maximum Gasteiger partial charge on any atom is 0.259 e. The molecule has 0 radical (unpaired) electrons. The number of rotatable bonds is 2. The quantitative estimate of drug-likeness (QED) is 0.878. The average molecular weight is 320 g/mol. The molecule has 2 aromatic carbocycles. The summed E-state index contributed by atoms with van der Waals surface area (Å²) in [4.78, 5) is 12.1. The molecule has 1 amide bonds. The lowest BCUT2D eigenvalue weighted by Gasteiger charge is -2.10. The Bertz CT molecular complexity index is 638. The first kappa shape index (κ1) is 13.6. The minimum atomic E-state index is -0.330. The highest BCUT2D eigenvalue weighted by atomic mass is 79.9. The fraction of sp³-hybridized carbons (Fsp3) is 0.133. The molecular weight excluding hydrogens is 306 g/mol. The van der Waals surface area contributed by atoms with E-state index in [-0.39, 0.29) is 17.2 Å². The van der Waals surface area contributed by atoms with Gasteiger partial charge in [0.1, 0.15) is 5.75 Å². The number of phenols is 1. The molecule has 0 fully saturated rings. The highest BCUT2D eigenvalue weighted by molar-refractivity contribution is 9.10. The maximum atomic E-state index is 12.1. The summed E-state index contributed by atoms with van der Waals surface area (Å²) < 4.78 is 0.843. The Morgan fingerprint density at radius 1 is 1.21 bits per heavy atom. The fourth-order valence-corrected chi connectivity index (χ4v) is 2.13. The number of amides is 1. The molecule has 0 bridgehead atoms. The summed E-state index contributed by atoms with van der Waals surface area (Å²) in [5.74, 6) is -0.343. The molecule has 4 heteroatoms. The standard InChI is InChI=1S/C15H14BrNO2/c1-9-6-7-11(13(18)8-9)15(19)17-12-5-3-4-10(2)14(12)16/h3-8,18H,1-2H3,(H,17,19). The van der Waals surface area contributed by atoms with Crippen LogP contribution < -0.4 is 5.32 Å². The lowest BCUT2D eigenvalue weighted by atomic mass is 10.1. The van der Waals surface area contributed by atoms with E-state index in [0.717, 1.165) is 15.6 Å². The van der Waals surface area contributed by atoms with Crippen LogP contribution in [0.25, 0.3) is 0 Å². The number of nitrogens with one attached hydrogen (secondary N) is 1. The largest absolute Gasteiger partial charge is 0.507 e. The number of anilines is 1. The number of phenolic OH excluding ortho intramolecular Hbond substituents is 1. The smallest absolute Gasteiger partial charge is 0.259 e. The second kappa shape index (κ2) is 5.45. The van der Waals surface area contributed by atoms with Crippen LogP contribution in [0.4, 0.5) is 5.69 Å². The van der Waals surface area contributed by atoms with Crippen molar-refractivity contribution in [3.8, 4) is 5.75 Å². The Morgan fingerprint density at radius 2 is 1.95 bits per heavy atom. The molecule has 0 spiro atoms. The Balaban J connectivity index is 2.28. The molecule has 19 heavy (non-hydrogen) atoms. The minimum Gasteiger partial charge on any atom is -0.507 e. The summed E-state index contributed by atoms with van der Waals surface area (Å²) in [6, 6.07) is 10.6. The monoisotopic (exact) mass is 319 g/mol. The number of hydrogen-bond donors (Lipinski definition) is 2. The number of carbonyl (C=O) groups is 1. The van der Waals surface area contributed by atoms with E-state index in [4.69, 9.17) is 0 Å². The van der Waals surface area contributed by atoms with Crippen LogP contribution in [0, 0.1) is 13.8 Å². The predicted octanol–water partition coefficient (Wildman–Crippen LogP) is 4.02. The predicted molar refractivity (Wildman–Crippen MR) is 79.7 cm³/mol. The Kier molecular flexibility index (Phi) is 3.90. The Morgan fingerprint density at radius 3 is 2.63 bits per heavy atom. The molecule has 0 aliphatic rings. The molecular formula is C15H14BrNO2. The highest BCUT2D eigenvalue weighted by Crippen LogP contribution is 2.27. The van der Waals surface area contributed by atoms with E-state index in [1.165, 1.54) is 0 Å². The molecule has 98 valence electrons. The van der Waals surface area contributed by atoms with Crippen molar-refractivity contribution in [1.82, 2.24) is 0 Å². The van der Waals surface area contributed by atoms with Gasteiger partial charge in [0, 0.05) is 4.47 Å². The van der Waals surface area contributed by atoms with E-state index in [0.29, 0.717) is 5.69 Å². The third kappa shape index (κ3) is 2.96. The van der Waals surface area contributed by atoms with Gasteiger partial charge >= 0.3 is 0 Å². The summed E-state index contributed by atoms with van der Waals surface area (Å²) >= 11 is 3.43. The van der Waals surface area contributed by atoms with E-state index in [1.807, 2.05) is 26.0 Å². The van der Waals surface area contributed by atoms with Crippen molar-refractivity contribution in [2.45, 2.75) is 13.8 Å². The molecule has 0 saturated heterocycles. The van der Waals surface area contributed by atoms with Crippen molar-refractivity contribution in [3.05, 3.63) is 57.6 Å². The second-order valence-corrected chi connectivity index (χ2v) is 5.20. The summed E-state index contributed by atoms with van der Waals surface area (Å²) in [7, 11) is 0. The van der Waals surface area contributed by atoms with Gasteiger partial charge < -0.3 is 10.4 Å². The van der Waals surface area contributed by atoms with Crippen LogP contribution in [-0.2, 0) is 0 Å². The van der Waals surface area contributed by atoms with E-state index >= 15 is 0 Å². The van der Waals surface area contributed by atoms with E-state index in [1.54, 1.807) is 24.3 Å². The lowest BCUT2D eigenvalue weighted by molar-refractivity contribution is 0.102. The van der Waals surface area contributed by atoms with E-state index < -0.39 is 0 Å². The van der Waals surface area contributed by atoms with Crippen molar-refractivity contribution in [3.63, 3.8) is 0 Å². The number of aromatic hydroxyl groups is 1. The third-order valence-corrected chi connectivity index (χ3v) is 3.89. The summed E-state index contributed by atoms with van der Waals surface area (Å²) in [5, 5.41) is 12.6. The van der Waals surface area contributed by atoms with Gasteiger partial charge in [-0.3, -0.25) is 4.79 Å². The van der Waals surface area contributed by atoms with Crippen LogP contribution in [0.5, 0.6) is 5.75 Å². The molecule has 2 N–H and O–H groups in total. The van der Waals surface area contributed by atoms with Crippen LogP contribution in [0.15, 0.2) is 40.9 Å². The first-order chi connectivity index (χ1) is 8.99. The first-order valence-electron chi connectivity index (χ1n) is 5.85. The van der Waals surface area contributed by atoms with Crippen molar-refractivity contribution in [2.75, 3.05) is 5.32 Å². The van der Waals surface area contributed by atoms with Gasteiger partial charge in [-0.25, -0.2) is 0 Å². The maximum absolute atomic E-state index is 12.1. The molecule has 0 saturated carbocycles. The molecule has 0 heterocycles. The average Bonchev–Trinajstić information content (AvgIpc) is 2.34. The van der Waals surface area contributed by atoms with Crippen LogP contribution in [-0.4, -0.2) is 11.0 Å². The summed E-state index contributed by atoms with van der Waals surface area (Å²) in [6.45, 7) is 3.81. The molecule has 0 aliphatic heterocycles. The number of hydrogen-bond acceptors (Lipinski definition) is 2. The SMILES string of the molecule is Cc1ccc(C(=O)Nc2cccc(C)c2Br)c(O)c1. The number of benzene rings is 2. The lowest BCUT2D eigenvalue weighted by Crippen LogP contribution is -2.12. The third-order valence-electron chi connectivity index (χ3n) is 2.84. The Labute approximate surface area is 120 Å². The normalized spacial score (nSPS) is 10.3. The minimum absolute atomic E-state index is 0.0127. The van der Waals surface area contributed by atoms with Gasteiger partial charge in [-0.05, 0) is 59.1 Å². The van der Waals surface area contributed by atoms with Gasteiger partial charge in [-0.15, -0.1) is 0 Å². The molecule has 2 aromatic rings. The van der Waals surface area contributed by atoms with E-state index in [2.05, 4.69) is 21.2 Å². The Hall–Kier alpha value is -1.81. The number of carbonyl (C=O) groups excluding carboxylic acids is 1. The zero-order chi connectivity index (χ0) is 14.0. The number of aryl methyl sites for hydroxylation is 2. The first-order valence-corrected chi connectivity index (χ1v) is 6.64. The van der Waals surface area contributed by atoms with Crippen molar-refractivity contribution < 1.29 is 9.90 Å². The summed E-state index contributed by atoms with van der Waals surface area (Å²) in [5.41, 5.74) is 2.89. The van der Waals surface area contributed by atoms with Gasteiger partial charge in [0.2, 0.25) is 0 Å². The van der Waals surface area contributed by atoms with Crippen LogP contribution in [0.2, 0.25) is 0 Å². The molecule has 3 nitrogen and oxygen atoms in total. The molecule has 0 unspecified atom stereocenters. The van der Waals surface area contributed by atoms with Crippen molar-refractivity contribution >= 4 is 27.5 Å². The second-order valence-electron chi connectivity index (χ2n) is 4.41. The fourth-order valence-electron chi connectivity index (χ4n) is 1.77. The number of halogens is 1. The van der Waals surface area contributed by atoms with Crippen LogP contribution in [0.3, 0.4) is 0 Å². The van der Waals surface area contributed by atoms with Crippen molar-refractivity contribution in [2.24, 2.45) is 0 Å². The molecule has 0 aliphatic carbocycles. The van der Waals surface area contributed by atoms with Crippen LogP contribution in [0.1, 0.15) is 21.5 Å². The topological polar surface area (TPSA) is 49.3 Å². The summed E-state index contributed by atoms with van der Waals surface area (Å²) in [6.07, 6.45) is 0. The van der Waals surface area contributed by atoms with Crippen LogP contribution >= 0.6 is 15.9 Å². The van der Waals surface area contributed by atoms with Gasteiger partial charge in [0.05, 0.1) is 11.3 Å². The molecule has 2 rings (SSSR count). The molecule has 0 aromatic heterocycles. The van der Waals surface area contributed by atoms with Gasteiger partial charge in [0.15, 0.2) is 0 Å². The van der Waals surface area contributed by atoms with E-state index in [9.17, 15) is 9.90 Å². The van der Waals surface area contributed by atoms with Gasteiger partial charge in [0.25, 0.3) is 5.91 Å². The van der Waals surface area contributed by atoms with Gasteiger partial charge in [-0.2, -0.15) is 0 Å². The zero-order valence-corrected chi connectivity index (χ0v) is 12.3. The highest BCUT2D eigenvalue weighted by Gasteiger charge is 2.13. The molecule has 0 atom stereocenters. The van der Waals surface area contributed by atoms with Gasteiger partial charge in [-0.1, -0.05) is 18.2 Å². The van der Waals surface area contributed by atoms with Crippen molar-refractivity contribution in [1.29, 1.82) is 0 Å².